The number of nitrogens with two attached hydrogens (primary N) is 1. The maximum atomic E-state index is 12.3. The van der Waals surface area contributed by atoms with Gasteiger partial charge in [0, 0.05) is 21.4 Å². The van der Waals surface area contributed by atoms with Crippen LogP contribution in [0.3, 0.4) is 0 Å². The molecular weight excluding hydrogens is 407 g/mol. The minimum absolute atomic E-state index is 0.0623. The molecule has 4 N–H and O–H groups in total. The van der Waals surface area contributed by atoms with Crippen molar-refractivity contribution in [3.8, 4) is 0 Å². The number of rotatable bonds is 5. The lowest BCUT2D eigenvalue weighted by Crippen LogP contribution is -2.23. The summed E-state index contributed by atoms with van der Waals surface area (Å²) in [6, 6.07) is 13.7. The largest absolute Gasteiger partial charge is 0.382 e. The van der Waals surface area contributed by atoms with E-state index in [2.05, 4.69) is 15.3 Å². The summed E-state index contributed by atoms with van der Waals surface area (Å²) in [6.07, 6.45) is 0. The van der Waals surface area contributed by atoms with Gasteiger partial charge >= 0.3 is 0 Å². The van der Waals surface area contributed by atoms with Crippen LogP contribution in [0.1, 0.15) is 15.9 Å². The molecule has 0 bridgehead atoms. The number of amides is 1. The first-order valence-electron chi connectivity index (χ1n) is 7.77. The number of benzene rings is 2. The van der Waals surface area contributed by atoms with E-state index in [-0.39, 0.29) is 11.5 Å². The van der Waals surface area contributed by atoms with Gasteiger partial charge < -0.3 is 11.1 Å². The van der Waals surface area contributed by atoms with Crippen molar-refractivity contribution in [2.75, 3.05) is 11.1 Å². The van der Waals surface area contributed by atoms with E-state index >= 15 is 0 Å². The van der Waals surface area contributed by atoms with Crippen molar-refractivity contribution in [3.05, 3.63) is 80.1 Å². The quantitative estimate of drug-likeness (QED) is 0.423. The van der Waals surface area contributed by atoms with Gasteiger partial charge in [0.1, 0.15) is 5.69 Å². The second-order valence-corrected chi connectivity index (χ2v) is 7.28. The molecule has 0 spiro atoms. The Labute approximate surface area is 169 Å². The molecule has 0 aliphatic carbocycles. The van der Waals surface area contributed by atoms with Gasteiger partial charge in [-0.1, -0.05) is 59.2 Å². The molecule has 1 amide bonds. The average Bonchev–Trinajstić information content (AvgIpc) is 2.64. The Kier molecular flexibility index (Phi) is 6.05. The average molecular weight is 421 g/mol. The molecule has 3 aromatic rings. The van der Waals surface area contributed by atoms with E-state index in [4.69, 9.17) is 28.9 Å². The fourth-order valence-electron chi connectivity index (χ4n) is 2.22. The van der Waals surface area contributed by atoms with Crippen LogP contribution in [-0.4, -0.2) is 15.9 Å². The standard InChI is InChI=1S/C18H14Cl2N4O2S/c19-12-7-6-11(13(20)8-12)9-27-18-23-15(21)14(17(26)24-18)22-16(25)10-4-2-1-3-5-10/h1-8H,9H2,(H,22,25)(H3,21,23,24,26). The third-order valence-corrected chi connectivity index (χ3v) is 5.09. The predicted octanol–water partition coefficient (Wildman–Crippen LogP) is 4.20. The lowest BCUT2D eigenvalue weighted by Gasteiger charge is -2.09. The zero-order valence-electron chi connectivity index (χ0n) is 13.8. The van der Waals surface area contributed by atoms with Crippen LogP contribution in [0.2, 0.25) is 10.0 Å². The van der Waals surface area contributed by atoms with E-state index in [9.17, 15) is 9.59 Å². The van der Waals surface area contributed by atoms with Gasteiger partial charge in [0.25, 0.3) is 11.5 Å². The number of aromatic nitrogens is 2. The number of H-pyrrole nitrogens is 1. The number of hydrogen-bond acceptors (Lipinski definition) is 5. The molecule has 0 aliphatic heterocycles. The van der Waals surface area contributed by atoms with E-state index in [0.717, 1.165) is 5.56 Å². The molecule has 0 radical (unpaired) electrons. The van der Waals surface area contributed by atoms with Crippen molar-refractivity contribution in [3.63, 3.8) is 0 Å². The molecule has 0 saturated carbocycles. The van der Waals surface area contributed by atoms with Crippen molar-refractivity contribution in [2.45, 2.75) is 10.9 Å². The number of hydrogen-bond donors (Lipinski definition) is 3. The van der Waals surface area contributed by atoms with E-state index in [1.807, 2.05) is 0 Å². The summed E-state index contributed by atoms with van der Waals surface area (Å²) in [6.45, 7) is 0. The second kappa shape index (κ2) is 8.47. The second-order valence-electron chi connectivity index (χ2n) is 5.48. The number of thioether (sulfide) groups is 1. The lowest BCUT2D eigenvalue weighted by molar-refractivity contribution is 0.102. The molecule has 0 aliphatic rings. The topological polar surface area (TPSA) is 101 Å². The molecule has 27 heavy (non-hydrogen) atoms. The van der Waals surface area contributed by atoms with Crippen molar-refractivity contribution in [1.29, 1.82) is 0 Å². The zero-order chi connectivity index (χ0) is 19.4. The Morgan fingerprint density at radius 1 is 1.19 bits per heavy atom. The molecule has 2 aromatic carbocycles. The minimum Gasteiger partial charge on any atom is -0.382 e. The molecule has 1 heterocycles. The van der Waals surface area contributed by atoms with Crippen LogP contribution in [0, 0.1) is 0 Å². The smallest absolute Gasteiger partial charge is 0.277 e. The van der Waals surface area contributed by atoms with Gasteiger partial charge in [-0.15, -0.1) is 0 Å². The fraction of sp³-hybridized carbons (Fsp3) is 0.0556. The van der Waals surface area contributed by atoms with E-state index < -0.39 is 11.5 Å². The zero-order valence-corrected chi connectivity index (χ0v) is 16.2. The number of carbonyl (C=O) groups excluding carboxylic acids is 1. The van der Waals surface area contributed by atoms with Crippen LogP contribution in [0.15, 0.2) is 58.5 Å². The third kappa shape index (κ3) is 4.82. The van der Waals surface area contributed by atoms with E-state index in [0.29, 0.717) is 26.5 Å². The Morgan fingerprint density at radius 2 is 1.93 bits per heavy atom. The Bertz CT molecular complexity index is 1040. The third-order valence-electron chi connectivity index (χ3n) is 3.58. The maximum absolute atomic E-state index is 12.3. The highest BCUT2D eigenvalue weighted by molar-refractivity contribution is 7.98. The fourth-order valence-corrected chi connectivity index (χ4v) is 3.64. The summed E-state index contributed by atoms with van der Waals surface area (Å²) in [5.74, 6) is -0.0376. The van der Waals surface area contributed by atoms with Gasteiger partial charge in [-0.05, 0) is 29.8 Å². The molecule has 0 atom stereocenters. The molecule has 0 unspecified atom stereocenters. The summed E-state index contributed by atoms with van der Waals surface area (Å²) >= 11 is 13.3. The van der Waals surface area contributed by atoms with Gasteiger partial charge in [-0.25, -0.2) is 4.98 Å². The van der Waals surface area contributed by atoms with Crippen LogP contribution < -0.4 is 16.6 Å². The van der Waals surface area contributed by atoms with Crippen LogP contribution in [0.5, 0.6) is 0 Å². The van der Waals surface area contributed by atoms with Crippen LogP contribution in [-0.2, 0) is 5.75 Å². The van der Waals surface area contributed by atoms with Gasteiger partial charge in [0.05, 0.1) is 0 Å². The highest BCUT2D eigenvalue weighted by atomic mass is 35.5. The first-order chi connectivity index (χ1) is 12.9. The molecule has 6 nitrogen and oxygen atoms in total. The molecule has 0 saturated heterocycles. The summed E-state index contributed by atoms with van der Waals surface area (Å²) < 4.78 is 0. The van der Waals surface area contributed by atoms with Gasteiger partial charge in [-0.2, -0.15) is 0 Å². The molecule has 9 heteroatoms. The predicted molar refractivity (Wildman–Crippen MR) is 110 cm³/mol. The van der Waals surface area contributed by atoms with Crippen LogP contribution in [0.25, 0.3) is 0 Å². The van der Waals surface area contributed by atoms with Crippen molar-refractivity contribution >= 4 is 52.4 Å². The first kappa shape index (κ1) is 19.3. The first-order valence-corrected chi connectivity index (χ1v) is 9.51. The molecule has 0 fully saturated rings. The number of halogens is 2. The monoisotopic (exact) mass is 420 g/mol. The Balaban J connectivity index is 1.74. The Morgan fingerprint density at radius 3 is 2.59 bits per heavy atom. The number of carbonyl (C=O) groups is 1. The molecule has 1 aromatic heterocycles. The Hall–Kier alpha value is -2.48. The summed E-state index contributed by atoms with van der Waals surface area (Å²) in [5, 5.41) is 3.89. The molecular formula is C18H14Cl2N4O2S. The van der Waals surface area contributed by atoms with Gasteiger partial charge in [0.15, 0.2) is 11.0 Å². The number of nitrogens with zero attached hydrogens (tertiary/aromatic N) is 1. The summed E-state index contributed by atoms with van der Waals surface area (Å²) in [7, 11) is 0. The van der Waals surface area contributed by atoms with Gasteiger partial charge in [0.2, 0.25) is 0 Å². The molecule has 138 valence electrons. The van der Waals surface area contributed by atoms with Crippen LogP contribution in [0.4, 0.5) is 11.5 Å². The van der Waals surface area contributed by atoms with Crippen molar-refractivity contribution in [2.24, 2.45) is 0 Å². The number of aromatic amines is 1. The number of nitrogens with one attached hydrogen (secondary N) is 2. The summed E-state index contributed by atoms with van der Waals surface area (Å²) in [4.78, 5) is 31.3. The van der Waals surface area contributed by atoms with Crippen molar-refractivity contribution < 1.29 is 4.79 Å². The van der Waals surface area contributed by atoms with E-state index in [1.165, 1.54) is 11.8 Å². The van der Waals surface area contributed by atoms with Crippen LogP contribution >= 0.6 is 35.0 Å². The highest BCUT2D eigenvalue weighted by Crippen LogP contribution is 2.27. The van der Waals surface area contributed by atoms with Gasteiger partial charge in [-0.3, -0.25) is 14.6 Å². The number of anilines is 2. The SMILES string of the molecule is Nc1nc(SCc2ccc(Cl)cc2Cl)[nH]c(=O)c1NC(=O)c1ccccc1. The summed E-state index contributed by atoms with van der Waals surface area (Å²) in [5.41, 5.74) is 6.50. The number of nitrogen functional groups attached to an aromatic ring is 1. The maximum Gasteiger partial charge on any atom is 0.277 e. The highest BCUT2D eigenvalue weighted by Gasteiger charge is 2.14. The van der Waals surface area contributed by atoms with E-state index in [1.54, 1.807) is 48.5 Å². The minimum atomic E-state index is -0.531. The normalized spacial score (nSPS) is 10.6. The van der Waals surface area contributed by atoms with Crippen molar-refractivity contribution in [1.82, 2.24) is 9.97 Å². The lowest BCUT2D eigenvalue weighted by atomic mass is 10.2. The molecule has 3 rings (SSSR count).